The van der Waals surface area contributed by atoms with Crippen molar-refractivity contribution in [3.05, 3.63) is 135 Å². The van der Waals surface area contributed by atoms with E-state index in [1.165, 1.54) is 39.6 Å². The Morgan fingerprint density at radius 1 is 0.846 bits per heavy atom. The number of aryl methyl sites for hydroxylation is 2. The van der Waals surface area contributed by atoms with Gasteiger partial charge in [-0.15, -0.1) is 0 Å². The molecule has 0 radical (unpaired) electrons. The lowest BCUT2D eigenvalue weighted by atomic mass is 9.81. The van der Waals surface area contributed by atoms with Crippen LogP contribution in [0.5, 0.6) is 0 Å². The first kappa shape index (κ1) is 26.2. The monoisotopic (exact) mass is 614 g/mol. The second-order valence-corrected chi connectivity index (χ2v) is 13.4. The molecule has 4 aromatic carbocycles. The zero-order chi connectivity index (χ0) is 27.2. The van der Waals surface area contributed by atoms with Crippen LogP contribution in [-0.2, 0) is 18.5 Å². The first-order valence-electron chi connectivity index (χ1n) is 12.8. The normalized spacial score (nSPS) is 19.2. The van der Waals surface area contributed by atoms with E-state index >= 15 is 0 Å². The summed E-state index contributed by atoms with van der Waals surface area (Å²) in [6.45, 7) is 6.34. The maximum Gasteiger partial charge on any atom is 0.365 e. The van der Waals surface area contributed by atoms with Crippen LogP contribution in [0.25, 0.3) is 0 Å². The maximum atomic E-state index is 13.1. The molecule has 4 aromatic rings. The molecule has 0 N–H and O–H groups in total. The molecule has 39 heavy (non-hydrogen) atoms. The zero-order valence-corrected chi connectivity index (χ0v) is 25.1. The number of ether oxygens (including phenoxy) is 1. The third-order valence-corrected chi connectivity index (χ3v) is 10.9. The van der Waals surface area contributed by atoms with Gasteiger partial charge >= 0.3 is 5.97 Å². The van der Waals surface area contributed by atoms with E-state index in [4.69, 9.17) is 9.84 Å². The Kier molecular flexibility index (Phi) is 6.86. The van der Waals surface area contributed by atoms with Gasteiger partial charge < -0.3 is 4.74 Å². The van der Waals surface area contributed by atoms with E-state index in [9.17, 15) is 4.79 Å². The Bertz CT molecular complexity index is 1520. The van der Waals surface area contributed by atoms with Crippen molar-refractivity contribution in [3.63, 3.8) is 0 Å². The average Bonchev–Trinajstić information content (AvgIpc) is 3.47. The summed E-state index contributed by atoms with van der Waals surface area (Å²) >= 11 is 6.85. The molecular weight excluding hydrogens is 588 g/mol. The van der Waals surface area contributed by atoms with E-state index in [0.717, 1.165) is 15.7 Å². The minimum Gasteiger partial charge on any atom is -0.461 e. The van der Waals surface area contributed by atoms with Crippen molar-refractivity contribution in [2.75, 3.05) is 11.6 Å². The molecule has 0 amide bonds. The van der Waals surface area contributed by atoms with Crippen molar-refractivity contribution in [2.24, 2.45) is 5.10 Å². The zero-order valence-electron chi connectivity index (χ0n) is 21.9. The highest BCUT2D eigenvalue weighted by Crippen LogP contribution is 2.70. The first-order valence-corrected chi connectivity index (χ1v) is 15.2. The van der Waals surface area contributed by atoms with Crippen molar-refractivity contribution in [2.45, 2.75) is 29.7 Å². The van der Waals surface area contributed by atoms with Crippen LogP contribution in [0.2, 0.25) is 0 Å². The predicted octanol–water partition coefficient (Wildman–Crippen LogP) is 8.34. The molecule has 0 unspecified atom stereocenters. The van der Waals surface area contributed by atoms with Gasteiger partial charge in [-0.1, -0.05) is 123 Å². The smallest absolute Gasteiger partial charge is 0.365 e. The lowest BCUT2D eigenvalue weighted by Crippen LogP contribution is -2.34. The van der Waals surface area contributed by atoms with Gasteiger partial charge in [-0.05, 0) is 61.7 Å². The molecule has 7 heteroatoms. The van der Waals surface area contributed by atoms with Crippen LogP contribution in [0.1, 0.15) is 40.3 Å². The highest BCUT2D eigenvalue weighted by Gasteiger charge is 2.61. The Labute approximate surface area is 246 Å². The summed E-state index contributed by atoms with van der Waals surface area (Å²) in [4.78, 5) is 13.1. The second-order valence-electron chi connectivity index (χ2n) is 9.66. The third kappa shape index (κ3) is 4.31. The number of fused-ring (bicyclic) bond motifs is 2. The van der Waals surface area contributed by atoms with E-state index in [2.05, 4.69) is 103 Å². The molecule has 0 aliphatic carbocycles. The van der Waals surface area contributed by atoms with E-state index < -0.39 is 14.9 Å². The lowest BCUT2D eigenvalue weighted by molar-refractivity contribution is -0.134. The average molecular weight is 616 g/mol. The van der Waals surface area contributed by atoms with Crippen molar-refractivity contribution in [3.8, 4) is 0 Å². The molecule has 0 bridgehead atoms. The summed E-state index contributed by atoms with van der Waals surface area (Å²) in [5, 5.41) is 7.28. The number of carbonyl (C=O) groups excluding carboxylic acids is 1. The van der Waals surface area contributed by atoms with Gasteiger partial charge in [0.2, 0.25) is 5.04 Å². The first-order chi connectivity index (χ1) is 18.9. The van der Waals surface area contributed by atoms with E-state index in [1.807, 2.05) is 48.0 Å². The highest BCUT2D eigenvalue weighted by molar-refractivity contribution is 9.10. The van der Waals surface area contributed by atoms with Gasteiger partial charge in [0.15, 0.2) is 4.20 Å². The number of hydrogen-bond acceptors (Lipinski definition) is 6. The van der Waals surface area contributed by atoms with Crippen LogP contribution in [0.15, 0.2) is 107 Å². The number of benzene rings is 4. The van der Waals surface area contributed by atoms with Crippen molar-refractivity contribution in [1.82, 2.24) is 0 Å². The molecule has 0 saturated heterocycles. The fraction of sp³-hybridized carbons (Fsp3) is 0.188. The number of rotatable bonds is 5. The molecule has 0 saturated carbocycles. The van der Waals surface area contributed by atoms with Gasteiger partial charge in [-0.2, -0.15) is 5.10 Å². The number of anilines is 1. The van der Waals surface area contributed by atoms with Gasteiger partial charge in [0, 0.05) is 10.0 Å². The molecule has 196 valence electrons. The minimum absolute atomic E-state index is 0.296. The molecule has 4 nitrogen and oxygen atoms in total. The Balaban J connectivity index is 1.62. The largest absolute Gasteiger partial charge is 0.461 e. The number of nitrogens with zero attached hydrogens (tertiary/aromatic N) is 2. The molecule has 2 heterocycles. The quantitative estimate of drug-likeness (QED) is 0.211. The number of hydrogen-bond donors (Lipinski definition) is 0. The molecule has 1 spiro atoms. The number of thioether (sulfide) groups is 2. The summed E-state index contributed by atoms with van der Waals surface area (Å²) < 4.78 is 5.15. The molecule has 1 atom stereocenters. The molecule has 2 aliphatic rings. The van der Waals surface area contributed by atoms with Crippen molar-refractivity contribution in [1.29, 1.82) is 0 Å². The summed E-state index contributed by atoms with van der Waals surface area (Å²) in [7, 11) is 0. The van der Waals surface area contributed by atoms with Gasteiger partial charge in [-0.3, -0.25) is 0 Å². The molecular formula is C32H27BrN2O2S2. The lowest BCUT2D eigenvalue weighted by Gasteiger charge is -2.37. The summed E-state index contributed by atoms with van der Waals surface area (Å²) in [6, 6.07) is 34.3. The standard InChI is InChI=1S/C32H27BrN2O2S2/c1-4-37-30(36)29-34-35(26-19-17-25(33)18-20-26)32(38-29)28-8-6-5-7-27(28)31(39-32,23-13-9-21(2)10-14-23)24-15-11-22(3)12-16-24/h5-20H,4H2,1-3H3/t32-/m1/s1. The SMILES string of the molecule is CCOC(=O)C1=NN(c2ccc(Br)cc2)[C@]2(S1)SC(c1ccc(C)cc1)(c1ccc(C)cc1)c1ccccc12. The van der Waals surface area contributed by atoms with Crippen molar-refractivity contribution < 1.29 is 9.53 Å². The number of esters is 1. The Morgan fingerprint density at radius 3 is 1.97 bits per heavy atom. The van der Waals surface area contributed by atoms with Crippen molar-refractivity contribution >= 4 is 56.2 Å². The molecule has 0 fully saturated rings. The van der Waals surface area contributed by atoms with Gasteiger partial charge in [0.05, 0.1) is 17.0 Å². The molecule has 0 aromatic heterocycles. The van der Waals surface area contributed by atoms with Gasteiger partial charge in [0.1, 0.15) is 0 Å². The van der Waals surface area contributed by atoms with Crippen LogP contribution < -0.4 is 5.01 Å². The maximum absolute atomic E-state index is 13.1. The summed E-state index contributed by atoms with van der Waals surface area (Å²) in [5.41, 5.74) is 8.01. The second kappa shape index (κ2) is 10.2. The van der Waals surface area contributed by atoms with E-state index in [1.54, 1.807) is 0 Å². The minimum atomic E-state index is -0.734. The highest BCUT2D eigenvalue weighted by atomic mass is 79.9. The molecule has 2 aliphatic heterocycles. The fourth-order valence-corrected chi connectivity index (χ4v) is 9.05. The summed E-state index contributed by atoms with van der Waals surface area (Å²) in [6.07, 6.45) is 0. The van der Waals surface area contributed by atoms with Crippen LogP contribution in [0.4, 0.5) is 5.69 Å². The molecule has 6 rings (SSSR count). The Hall–Kier alpha value is -3.00. The number of hydrazone groups is 1. The van der Waals surface area contributed by atoms with E-state index in [0.29, 0.717) is 11.7 Å². The van der Waals surface area contributed by atoms with Gasteiger partial charge in [0.25, 0.3) is 0 Å². The number of carbonyl (C=O) groups is 1. The van der Waals surface area contributed by atoms with Crippen LogP contribution in [0.3, 0.4) is 0 Å². The number of halogens is 1. The third-order valence-electron chi connectivity index (χ3n) is 7.08. The van der Waals surface area contributed by atoms with Crippen LogP contribution in [0, 0.1) is 13.8 Å². The van der Waals surface area contributed by atoms with Gasteiger partial charge in [-0.25, -0.2) is 9.80 Å². The predicted molar refractivity (Wildman–Crippen MR) is 166 cm³/mol. The Morgan fingerprint density at radius 2 is 1.41 bits per heavy atom. The van der Waals surface area contributed by atoms with Crippen LogP contribution >= 0.6 is 39.5 Å². The van der Waals surface area contributed by atoms with Crippen LogP contribution in [-0.4, -0.2) is 17.6 Å². The summed E-state index contributed by atoms with van der Waals surface area (Å²) in [5.74, 6) is -0.400. The fourth-order valence-electron chi connectivity index (χ4n) is 5.22. The topological polar surface area (TPSA) is 41.9 Å². The van der Waals surface area contributed by atoms with E-state index in [-0.39, 0.29) is 0 Å².